The van der Waals surface area contributed by atoms with Crippen LogP contribution in [-0.4, -0.2) is 37.0 Å². The van der Waals surface area contributed by atoms with E-state index >= 15 is 0 Å². The molecular weight excluding hydrogens is 236 g/mol. The van der Waals surface area contributed by atoms with E-state index in [-0.39, 0.29) is 18.3 Å². The molecule has 102 valence electrons. The highest BCUT2D eigenvalue weighted by atomic mass is 35.5. The molecule has 1 heterocycles. The molecule has 4 heteroatoms. The number of halogens is 1. The normalized spacial score (nSPS) is 21.5. The first-order valence-electron chi connectivity index (χ1n) is 6.68. The van der Waals surface area contributed by atoms with Gasteiger partial charge in [-0.3, -0.25) is 4.79 Å². The number of nitrogens with zero attached hydrogens (tertiary/aromatic N) is 1. The molecular formula is C13H27ClN2O. The van der Waals surface area contributed by atoms with Gasteiger partial charge in [-0.05, 0) is 32.2 Å². The summed E-state index contributed by atoms with van der Waals surface area (Å²) in [7, 11) is 0. The van der Waals surface area contributed by atoms with Gasteiger partial charge in [0.1, 0.15) is 0 Å². The Kier molecular flexibility index (Phi) is 8.61. The van der Waals surface area contributed by atoms with Gasteiger partial charge in [-0.15, -0.1) is 12.4 Å². The zero-order valence-corrected chi connectivity index (χ0v) is 12.2. The predicted molar refractivity (Wildman–Crippen MR) is 74.6 cm³/mol. The summed E-state index contributed by atoms with van der Waals surface area (Å²) >= 11 is 0. The molecule has 3 nitrogen and oxygen atoms in total. The predicted octanol–water partition coefficient (Wildman–Crippen LogP) is 2.30. The summed E-state index contributed by atoms with van der Waals surface area (Å²) in [5.74, 6) is 1.19. The summed E-state index contributed by atoms with van der Waals surface area (Å²) in [6.07, 6.45) is 3.34. The molecule has 1 N–H and O–H groups in total. The van der Waals surface area contributed by atoms with Crippen molar-refractivity contribution in [1.82, 2.24) is 10.2 Å². The van der Waals surface area contributed by atoms with Gasteiger partial charge in [0.2, 0.25) is 5.91 Å². The molecule has 1 rings (SSSR count). The maximum absolute atomic E-state index is 12.3. The maximum atomic E-state index is 12.3. The van der Waals surface area contributed by atoms with E-state index in [0.29, 0.717) is 11.8 Å². The number of nitrogens with one attached hydrogen (secondary N) is 1. The van der Waals surface area contributed by atoms with Crippen molar-refractivity contribution in [2.45, 2.75) is 40.0 Å². The Morgan fingerprint density at radius 2 is 2.18 bits per heavy atom. The number of piperidine rings is 1. The summed E-state index contributed by atoms with van der Waals surface area (Å²) in [4.78, 5) is 14.3. The first-order valence-corrected chi connectivity index (χ1v) is 6.68. The second-order valence-corrected chi connectivity index (χ2v) is 4.93. The van der Waals surface area contributed by atoms with Gasteiger partial charge >= 0.3 is 0 Å². The van der Waals surface area contributed by atoms with Crippen molar-refractivity contribution in [2.24, 2.45) is 11.8 Å². The van der Waals surface area contributed by atoms with Gasteiger partial charge in [0, 0.05) is 19.6 Å². The van der Waals surface area contributed by atoms with E-state index in [1.807, 2.05) is 4.90 Å². The Balaban J connectivity index is 0.00000256. The van der Waals surface area contributed by atoms with Gasteiger partial charge < -0.3 is 10.2 Å². The Hall–Kier alpha value is -0.280. The van der Waals surface area contributed by atoms with Crippen molar-refractivity contribution in [1.29, 1.82) is 0 Å². The first kappa shape index (κ1) is 16.7. The van der Waals surface area contributed by atoms with Gasteiger partial charge in [0.15, 0.2) is 0 Å². The van der Waals surface area contributed by atoms with E-state index in [1.165, 1.54) is 0 Å². The quantitative estimate of drug-likeness (QED) is 0.825. The SMILES string of the molecule is CCC(C)CN(CC)C(=O)C1CCCNC1.Cl. The third-order valence-corrected chi connectivity index (χ3v) is 3.57. The lowest BCUT2D eigenvalue weighted by Crippen LogP contribution is -2.44. The van der Waals surface area contributed by atoms with Gasteiger partial charge in [-0.1, -0.05) is 20.3 Å². The minimum atomic E-state index is 0. The summed E-state index contributed by atoms with van der Waals surface area (Å²) < 4.78 is 0. The van der Waals surface area contributed by atoms with Crippen molar-refractivity contribution in [3.63, 3.8) is 0 Å². The zero-order valence-electron chi connectivity index (χ0n) is 11.4. The fraction of sp³-hybridized carbons (Fsp3) is 0.923. The van der Waals surface area contributed by atoms with Crippen LogP contribution in [0.5, 0.6) is 0 Å². The molecule has 17 heavy (non-hydrogen) atoms. The second kappa shape index (κ2) is 8.76. The zero-order chi connectivity index (χ0) is 12.0. The van der Waals surface area contributed by atoms with E-state index < -0.39 is 0 Å². The smallest absolute Gasteiger partial charge is 0.226 e. The van der Waals surface area contributed by atoms with Crippen LogP contribution in [0.1, 0.15) is 40.0 Å². The average Bonchev–Trinajstić information content (AvgIpc) is 2.35. The number of carbonyl (C=O) groups excluding carboxylic acids is 1. The van der Waals surface area contributed by atoms with Crippen LogP contribution in [0.3, 0.4) is 0 Å². The molecule has 2 atom stereocenters. The Morgan fingerprint density at radius 1 is 1.47 bits per heavy atom. The highest BCUT2D eigenvalue weighted by molar-refractivity contribution is 5.85. The topological polar surface area (TPSA) is 32.3 Å². The van der Waals surface area contributed by atoms with E-state index in [2.05, 4.69) is 26.1 Å². The summed E-state index contributed by atoms with van der Waals surface area (Å²) in [5, 5.41) is 3.31. The van der Waals surface area contributed by atoms with Crippen LogP contribution in [0.25, 0.3) is 0 Å². The summed E-state index contributed by atoms with van der Waals surface area (Å²) in [5.41, 5.74) is 0. The van der Waals surface area contributed by atoms with Crippen molar-refractivity contribution in [3.8, 4) is 0 Å². The maximum Gasteiger partial charge on any atom is 0.226 e. The number of hydrogen-bond acceptors (Lipinski definition) is 2. The monoisotopic (exact) mass is 262 g/mol. The largest absolute Gasteiger partial charge is 0.342 e. The fourth-order valence-electron chi connectivity index (χ4n) is 2.20. The molecule has 2 unspecified atom stereocenters. The van der Waals surface area contributed by atoms with Crippen LogP contribution in [0, 0.1) is 11.8 Å². The fourth-order valence-corrected chi connectivity index (χ4v) is 2.20. The van der Waals surface area contributed by atoms with Crippen LogP contribution in [0.4, 0.5) is 0 Å². The van der Waals surface area contributed by atoms with Gasteiger partial charge in [0.25, 0.3) is 0 Å². The molecule has 1 fully saturated rings. The molecule has 0 aliphatic carbocycles. The van der Waals surface area contributed by atoms with Crippen LogP contribution < -0.4 is 5.32 Å². The third-order valence-electron chi connectivity index (χ3n) is 3.57. The number of rotatable bonds is 5. The van der Waals surface area contributed by atoms with E-state index in [9.17, 15) is 4.79 Å². The highest BCUT2D eigenvalue weighted by Gasteiger charge is 2.25. The first-order chi connectivity index (χ1) is 7.69. The highest BCUT2D eigenvalue weighted by Crippen LogP contribution is 2.15. The third kappa shape index (κ3) is 5.26. The lowest BCUT2D eigenvalue weighted by molar-refractivity contribution is -0.136. The van der Waals surface area contributed by atoms with Gasteiger partial charge in [0.05, 0.1) is 5.92 Å². The lowest BCUT2D eigenvalue weighted by atomic mass is 9.97. The standard InChI is InChI=1S/C13H26N2O.ClH/c1-4-11(3)10-15(5-2)13(16)12-7-6-8-14-9-12;/h11-12,14H,4-10H2,1-3H3;1H. The Bertz CT molecular complexity index is 217. The molecule has 0 spiro atoms. The number of amides is 1. The van der Waals surface area contributed by atoms with Gasteiger partial charge in [-0.25, -0.2) is 0 Å². The van der Waals surface area contributed by atoms with Gasteiger partial charge in [-0.2, -0.15) is 0 Å². The lowest BCUT2D eigenvalue weighted by Gasteiger charge is -2.30. The van der Waals surface area contributed by atoms with Crippen molar-refractivity contribution in [3.05, 3.63) is 0 Å². The molecule has 1 aliphatic heterocycles. The molecule has 1 saturated heterocycles. The molecule has 0 bridgehead atoms. The van der Waals surface area contributed by atoms with Crippen LogP contribution in [0.15, 0.2) is 0 Å². The summed E-state index contributed by atoms with van der Waals surface area (Å²) in [6.45, 7) is 10.2. The molecule has 0 radical (unpaired) electrons. The molecule has 1 amide bonds. The number of carbonyl (C=O) groups is 1. The van der Waals surface area contributed by atoms with Crippen molar-refractivity contribution < 1.29 is 4.79 Å². The van der Waals surface area contributed by atoms with E-state index in [4.69, 9.17) is 0 Å². The van der Waals surface area contributed by atoms with E-state index in [1.54, 1.807) is 0 Å². The summed E-state index contributed by atoms with van der Waals surface area (Å²) in [6, 6.07) is 0. The molecule has 0 aromatic heterocycles. The molecule has 0 aromatic carbocycles. The second-order valence-electron chi connectivity index (χ2n) is 4.93. The Morgan fingerprint density at radius 3 is 2.65 bits per heavy atom. The minimum absolute atomic E-state index is 0. The Labute approximate surface area is 112 Å². The van der Waals surface area contributed by atoms with Crippen molar-refractivity contribution in [2.75, 3.05) is 26.2 Å². The molecule has 0 aromatic rings. The average molecular weight is 263 g/mol. The van der Waals surface area contributed by atoms with Crippen LogP contribution in [-0.2, 0) is 4.79 Å². The molecule has 0 saturated carbocycles. The van der Waals surface area contributed by atoms with Crippen molar-refractivity contribution >= 4 is 18.3 Å². The van der Waals surface area contributed by atoms with Crippen LogP contribution in [0.2, 0.25) is 0 Å². The molecule has 1 aliphatic rings. The number of hydrogen-bond donors (Lipinski definition) is 1. The minimum Gasteiger partial charge on any atom is -0.342 e. The van der Waals surface area contributed by atoms with Crippen LogP contribution >= 0.6 is 12.4 Å². The van der Waals surface area contributed by atoms with E-state index in [0.717, 1.165) is 45.4 Å².